The lowest BCUT2D eigenvalue weighted by Crippen LogP contribution is -2.39. The van der Waals surface area contributed by atoms with Crippen molar-refractivity contribution >= 4 is 17.5 Å². The molecule has 0 saturated heterocycles. The van der Waals surface area contributed by atoms with Gasteiger partial charge in [-0.1, -0.05) is 18.2 Å². The van der Waals surface area contributed by atoms with Gasteiger partial charge in [-0.2, -0.15) is 0 Å². The van der Waals surface area contributed by atoms with Crippen LogP contribution in [0.1, 0.15) is 43.0 Å². The van der Waals surface area contributed by atoms with Gasteiger partial charge in [-0.15, -0.1) is 0 Å². The van der Waals surface area contributed by atoms with Crippen LogP contribution in [0.2, 0.25) is 0 Å². The fraction of sp³-hybridized carbons (Fsp3) is 0.344. The van der Waals surface area contributed by atoms with Gasteiger partial charge >= 0.3 is 0 Å². The predicted molar refractivity (Wildman–Crippen MR) is 161 cm³/mol. The smallest absolute Gasteiger partial charge is 0.242 e. The first kappa shape index (κ1) is 30.2. The number of methoxy groups -OCH3 is 3. The van der Waals surface area contributed by atoms with Crippen LogP contribution >= 0.6 is 0 Å². The van der Waals surface area contributed by atoms with E-state index < -0.39 is 12.1 Å². The zero-order chi connectivity index (χ0) is 30.4. The van der Waals surface area contributed by atoms with Crippen LogP contribution in [0.5, 0.6) is 23.0 Å². The van der Waals surface area contributed by atoms with Gasteiger partial charge in [-0.3, -0.25) is 14.4 Å². The van der Waals surface area contributed by atoms with E-state index in [9.17, 15) is 19.5 Å². The number of carbonyl (C=O) groups excluding carboxylic acids is 2. The fourth-order valence-electron chi connectivity index (χ4n) is 5.27. The van der Waals surface area contributed by atoms with E-state index in [0.29, 0.717) is 54.2 Å². The first-order valence-electron chi connectivity index (χ1n) is 13.8. The molecule has 0 saturated carbocycles. The van der Waals surface area contributed by atoms with Crippen LogP contribution in [0, 0.1) is 0 Å². The van der Waals surface area contributed by atoms with E-state index in [0.717, 1.165) is 16.7 Å². The Kier molecular flexibility index (Phi) is 9.57. The number of aryl methyl sites for hydroxylation is 1. The Morgan fingerprint density at radius 1 is 1.00 bits per heavy atom. The van der Waals surface area contributed by atoms with Crippen molar-refractivity contribution < 1.29 is 28.9 Å². The van der Waals surface area contributed by atoms with E-state index in [4.69, 9.17) is 14.2 Å². The number of ether oxygens (including phenoxy) is 3. The number of amides is 2. The van der Waals surface area contributed by atoms with Gasteiger partial charge in [-0.25, -0.2) is 0 Å². The second-order valence-corrected chi connectivity index (χ2v) is 10.2. The molecule has 42 heavy (non-hydrogen) atoms. The van der Waals surface area contributed by atoms with E-state index in [1.165, 1.54) is 20.1 Å². The van der Waals surface area contributed by atoms with Gasteiger partial charge in [0, 0.05) is 19.0 Å². The second kappa shape index (κ2) is 13.3. The molecule has 4 N–H and O–H groups in total. The van der Waals surface area contributed by atoms with Crippen LogP contribution in [0.15, 0.2) is 53.3 Å². The summed E-state index contributed by atoms with van der Waals surface area (Å²) in [6, 6.07) is 12.5. The molecule has 0 radical (unpaired) electrons. The topological polar surface area (TPSA) is 135 Å². The standard InChI is InChI=1S/C32H37N3O7/c1-18(32(39)33-15-14-20-6-9-22(37)10-7-20)34-26-13-11-23-24(17-27(26)38)25(35-19(2)36)12-8-21-16-28(40-3)30(41-4)31(42-5)29(21)23/h6-7,9-11,13,16-18,25,37H,8,12,14-15H2,1-5H3,(H,33,39)(H,34,38)(H,35,36)/t18-,25-/m1/s1. The number of aromatic hydroxyl groups is 1. The maximum atomic E-state index is 13.5. The first-order valence-corrected chi connectivity index (χ1v) is 13.8. The number of benzene rings is 2. The van der Waals surface area contributed by atoms with Crippen molar-refractivity contribution in [3.8, 4) is 34.1 Å². The number of rotatable bonds is 10. The molecule has 0 bridgehead atoms. The summed E-state index contributed by atoms with van der Waals surface area (Å²) < 4.78 is 17.0. The zero-order valence-electron chi connectivity index (χ0n) is 24.5. The zero-order valence-corrected chi connectivity index (χ0v) is 24.5. The molecule has 2 amide bonds. The Hall–Kier alpha value is -4.73. The summed E-state index contributed by atoms with van der Waals surface area (Å²) in [7, 11) is 4.63. The van der Waals surface area contributed by atoms with Gasteiger partial charge in [0.1, 0.15) is 11.8 Å². The third-order valence-electron chi connectivity index (χ3n) is 7.33. The molecule has 1 aliphatic carbocycles. The van der Waals surface area contributed by atoms with Crippen LogP contribution < -0.4 is 35.6 Å². The summed E-state index contributed by atoms with van der Waals surface area (Å²) in [5.74, 6) is 1.12. The van der Waals surface area contributed by atoms with Crippen molar-refractivity contribution in [1.29, 1.82) is 0 Å². The molecule has 222 valence electrons. The highest BCUT2D eigenvalue weighted by atomic mass is 16.5. The van der Waals surface area contributed by atoms with Gasteiger partial charge in [0.25, 0.3) is 0 Å². The minimum absolute atomic E-state index is 0.187. The number of nitrogens with one attached hydrogen (secondary N) is 3. The summed E-state index contributed by atoms with van der Waals surface area (Å²) in [5, 5.41) is 18.4. The molecule has 0 fully saturated rings. The summed E-state index contributed by atoms with van der Waals surface area (Å²) in [6.07, 6.45) is 1.74. The van der Waals surface area contributed by atoms with E-state index in [2.05, 4.69) is 16.0 Å². The van der Waals surface area contributed by atoms with E-state index in [-0.39, 0.29) is 28.7 Å². The lowest BCUT2D eigenvalue weighted by atomic mass is 9.95. The van der Waals surface area contributed by atoms with Gasteiger partial charge in [-0.05, 0) is 78.8 Å². The van der Waals surface area contributed by atoms with Crippen molar-refractivity contribution in [1.82, 2.24) is 10.6 Å². The normalized spacial score (nSPS) is 14.4. The summed E-state index contributed by atoms with van der Waals surface area (Å²) in [6.45, 7) is 3.53. The van der Waals surface area contributed by atoms with Crippen LogP contribution in [0.4, 0.5) is 5.69 Å². The molecule has 1 aliphatic rings. The summed E-state index contributed by atoms with van der Waals surface area (Å²) in [4.78, 5) is 38.5. The molecule has 10 nitrogen and oxygen atoms in total. The minimum atomic E-state index is -0.697. The van der Waals surface area contributed by atoms with Crippen molar-refractivity contribution in [3.63, 3.8) is 0 Å². The molecule has 0 unspecified atom stereocenters. The van der Waals surface area contributed by atoms with Gasteiger partial charge in [0.05, 0.1) is 33.1 Å². The van der Waals surface area contributed by atoms with Crippen LogP contribution in [-0.4, -0.2) is 50.8 Å². The molecule has 0 spiro atoms. The minimum Gasteiger partial charge on any atom is -0.508 e. The Morgan fingerprint density at radius 2 is 1.71 bits per heavy atom. The maximum Gasteiger partial charge on any atom is 0.242 e. The molecule has 3 aromatic carbocycles. The molecule has 0 aliphatic heterocycles. The molecule has 4 rings (SSSR count). The molecule has 10 heteroatoms. The highest BCUT2D eigenvalue weighted by molar-refractivity contribution is 5.85. The van der Waals surface area contributed by atoms with Crippen LogP contribution in [-0.2, 0) is 22.4 Å². The Bertz CT molecular complexity index is 1520. The van der Waals surface area contributed by atoms with Crippen molar-refractivity contribution in [3.05, 3.63) is 75.4 Å². The maximum absolute atomic E-state index is 13.5. The van der Waals surface area contributed by atoms with Gasteiger partial charge < -0.3 is 35.3 Å². The lowest BCUT2D eigenvalue weighted by molar-refractivity contribution is -0.121. The number of anilines is 1. The molecule has 0 heterocycles. The monoisotopic (exact) mass is 575 g/mol. The Balaban J connectivity index is 1.68. The number of phenols is 1. The molecule has 0 aromatic heterocycles. The lowest BCUT2D eigenvalue weighted by Gasteiger charge is -2.19. The average molecular weight is 576 g/mol. The summed E-state index contributed by atoms with van der Waals surface area (Å²) in [5.41, 5.74) is 3.91. The molecular weight excluding hydrogens is 538 g/mol. The molecule has 2 atom stereocenters. The van der Waals surface area contributed by atoms with E-state index >= 15 is 0 Å². The summed E-state index contributed by atoms with van der Waals surface area (Å²) >= 11 is 0. The number of fused-ring (bicyclic) bond motifs is 3. The average Bonchev–Trinajstić information content (AvgIpc) is 3.21. The third-order valence-corrected chi connectivity index (χ3v) is 7.33. The highest BCUT2D eigenvalue weighted by Gasteiger charge is 2.29. The predicted octanol–water partition coefficient (Wildman–Crippen LogP) is 3.73. The van der Waals surface area contributed by atoms with Crippen LogP contribution in [0.25, 0.3) is 11.1 Å². The second-order valence-electron chi connectivity index (χ2n) is 10.2. The first-order chi connectivity index (χ1) is 20.2. The number of phenolic OH excluding ortho intramolecular Hbond substituents is 1. The number of hydrogen-bond donors (Lipinski definition) is 4. The van der Waals surface area contributed by atoms with Crippen LogP contribution in [0.3, 0.4) is 0 Å². The fourth-order valence-corrected chi connectivity index (χ4v) is 5.27. The van der Waals surface area contributed by atoms with Gasteiger partial charge in [0.15, 0.2) is 11.5 Å². The van der Waals surface area contributed by atoms with E-state index in [1.54, 1.807) is 51.5 Å². The number of carbonyl (C=O) groups is 2. The Morgan fingerprint density at radius 3 is 2.36 bits per heavy atom. The molecule has 3 aromatic rings. The largest absolute Gasteiger partial charge is 0.508 e. The van der Waals surface area contributed by atoms with Gasteiger partial charge in [0.2, 0.25) is 23.0 Å². The third kappa shape index (κ3) is 6.59. The van der Waals surface area contributed by atoms with Crippen molar-refractivity contribution in [2.45, 2.75) is 45.2 Å². The molecular formula is C32H37N3O7. The number of hydrogen-bond acceptors (Lipinski definition) is 8. The highest BCUT2D eigenvalue weighted by Crippen LogP contribution is 2.50. The Labute approximate surface area is 245 Å². The SMILES string of the molecule is COc1cc2c(c(OC)c1OC)-c1ccc(N[C@H](C)C(=O)NCCc3ccc(O)cc3)c(=O)cc1[C@H](NC(C)=O)CC2. The van der Waals surface area contributed by atoms with Crippen molar-refractivity contribution in [2.24, 2.45) is 0 Å². The van der Waals surface area contributed by atoms with E-state index in [1.807, 2.05) is 12.1 Å². The quantitative estimate of drug-likeness (QED) is 0.287. The van der Waals surface area contributed by atoms with Crippen molar-refractivity contribution in [2.75, 3.05) is 33.2 Å².